The predicted octanol–water partition coefficient (Wildman–Crippen LogP) is 10.7. The summed E-state index contributed by atoms with van der Waals surface area (Å²) in [6.07, 6.45) is 0. The first-order chi connectivity index (χ1) is 20.6. The van der Waals surface area contributed by atoms with Gasteiger partial charge in [0.15, 0.2) is 0 Å². The zero-order valence-corrected chi connectivity index (χ0v) is 23.9. The summed E-state index contributed by atoms with van der Waals surface area (Å²) in [5.41, 5.74) is 13.0. The average molecular weight is 535 g/mol. The first-order valence-corrected chi connectivity index (χ1v) is 15.0. The van der Waals surface area contributed by atoms with Crippen LogP contribution in [0.3, 0.4) is 0 Å². The molecule has 0 fully saturated rings. The molecule has 0 bridgehead atoms. The van der Waals surface area contributed by atoms with Crippen LogP contribution in [0.1, 0.15) is 47.2 Å². The fraction of sp³-hybridized carbons (Fsp3) is 0.0952. The van der Waals surface area contributed by atoms with E-state index in [0.717, 1.165) is 0 Å². The Morgan fingerprint density at radius 2 is 0.952 bits per heavy atom. The van der Waals surface area contributed by atoms with Gasteiger partial charge in [-0.15, -0.1) is 0 Å². The number of benzene rings is 7. The van der Waals surface area contributed by atoms with Gasteiger partial charge >= 0.3 is 0 Å². The first kappa shape index (κ1) is 23.7. The summed E-state index contributed by atoms with van der Waals surface area (Å²) in [6.45, 7) is 4.82. The lowest BCUT2D eigenvalue weighted by molar-refractivity contribution is 0.644. The highest BCUT2D eigenvalue weighted by atomic mass is 14.5. The number of hydrogen-bond donors (Lipinski definition) is 0. The molecule has 2 aliphatic carbocycles. The summed E-state index contributed by atoms with van der Waals surface area (Å²) in [6, 6.07) is 54.6. The molecule has 0 amide bonds. The molecule has 0 N–H and O–H groups in total. The Kier molecular flexibility index (Phi) is 4.69. The third-order valence-corrected chi connectivity index (χ3v) is 10.1. The summed E-state index contributed by atoms with van der Waals surface area (Å²) < 4.78 is 0. The van der Waals surface area contributed by atoms with Crippen molar-refractivity contribution in [1.29, 1.82) is 0 Å². The van der Waals surface area contributed by atoms with E-state index in [1.165, 1.54) is 77.2 Å². The second-order valence-electron chi connectivity index (χ2n) is 12.5. The molecule has 7 aromatic rings. The van der Waals surface area contributed by atoms with Crippen LogP contribution in [0.2, 0.25) is 0 Å². The molecule has 0 atom stereocenters. The standard InChI is InChI=1S/C42H30/c1-41(2)37-23-13-21-32-30-19-10-9-14-27(30)24-35(40(32)37)34-26-39-33(25-38(34)41)31-20-11-12-22-36(31)42(39,28-15-5-3-6-16-28)29-17-7-4-8-18-29/h3-26H,1-2H3. The molecular weight excluding hydrogens is 504 g/mol. The summed E-state index contributed by atoms with van der Waals surface area (Å²) in [5.74, 6) is 0. The predicted molar refractivity (Wildman–Crippen MR) is 176 cm³/mol. The van der Waals surface area contributed by atoms with Crippen LogP contribution in [-0.2, 0) is 10.8 Å². The van der Waals surface area contributed by atoms with Crippen molar-refractivity contribution < 1.29 is 0 Å². The van der Waals surface area contributed by atoms with Gasteiger partial charge in [0.2, 0.25) is 0 Å². The zero-order chi connectivity index (χ0) is 28.1. The molecule has 0 saturated heterocycles. The number of fused-ring (bicyclic) bond motifs is 7. The minimum absolute atomic E-state index is 0.140. The van der Waals surface area contributed by atoms with Gasteiger partial charge in [0.25, 0.3) is 0 Å². The summed E-state index contributed by atoms with van der Waals surface area (Å²) >= 11 is 0. The third kappa shape index (κ3) is 2.87. The second-order valence-corrected chi connectivity index (χ2v) is 12.5. The molecule has 42 heavy (non-hydrogen) atoms. The van der Waals surface area contributed by atoms with E-state index in [1.807, 2.05) is 0 Å². The van der Waals surface area contributed by atoms with Crippen LogP contribution in [0.25, 0.3) is 43.8 Å². The Balaban J connectivity index is 1.47. The molecule has 0 aliphatic heterocycles. The molecule has 0 nitrogen and oxygen atoms in total. The van der Waals surface area contributed by atoms with Crippen molar-refractivity contribution in [2.75, 3.05) is 0 Å². The van der Waals surface area contributed by atoms with E-state index in [0.29, 0.717) is 0 Å². The maximum absolute atomic E-state index is 2.56. The van der Waals surface area contributed by atoms with Gasteiger partial charge in [-0.25, -0.2) is 0 Å². The van der Waals surface area contributed by atoms with Crippen LogP contribution in [0.5, 0.6) is 0 Å². The minimum atomic E-state index is -0.402. The molecule has 198 valence electrons. The van der Waals surface area contributed by atoms with Crippen LogP contribution in [0.15, 0.2) is 146 Å². The van der Waals surface area contributed by atoms with Crippen LogP contribution < -0.4 is 0 Å². The van der Waals surface area contributed by atoms with Gasteiger partial charge in [-0.1, -0.05) is 141 Å². The van der Waals surface area contributed by atoms with Gasteiger partial charge in [-0.05, 0) is 95.4 Å². The van der Waals surface area contributed by atoms with Crippen LogP contribution >= 0.6 is 0 Å². The third-order valence-electron chi connectivity index (χ3n) is 10.1. The highest BCUT2D eigenvalue weighted by Gasteiger charge is 2.47. The number of hydrogen-bond acceptors (Lipinski definition) is 0. The van der Waals surface area contributed by atoms with Crippen molar-refractivity contribution in [2.24, 2.45) is 0 Å². The highest BCUT2D eigenvalue weighted by Crippen LogP contribution is 2.60. The maximum Gasteiger partial charge on any atom is 0.0713 e. The van der Waals surface area contributed by atoms with Crippen molar-refractivity contribution in [1.82, 2.24) is 0 Å². The van der Waals surface area contributed by atoms with Crippen molar-refractivity contribution in [3.63, 3.8) is 0 Å². The summed E-state index contributed by atoms with van der Waals surface area (Å²) in [7, 11) is 0. The Morgan fingerprint density at radius 1 is 0.381 bits per heavy atom. The lowest BCUT2D eigenvalue weighted by atomic mass is 9.64. The van der Waals surface area contributed by atoms with E-state index >= 15 is 0 Å². The number of rotatable bonds is 2. The average Bonchev–Trinajstić information content (AvgIpc) is 3.34. The molecule has 7 aromatic carbocycles. The van der Waals surface area contributed by atoms with Crippen molar-refractivity contribution in [3.8, 4) is 22.3 Å². The first-order valence-electron chi connectivity index (χ1n) is 15.0. The van der Waals surface area contributed by atoms with Gasteiger partial charge in [0.1, 0.15) is 0 Å². The molecule has 0 heteroatoms. The summed E-state index contributed by atoms with van der Waals surface area (Å²) in [4.78, 5) is 0. The maximum atomic E-state index is 2.56. The van der Waals surface area contributed by atoms with Gasteiger partial charge in [0.05, 0.1) is 5.41 Å². The Bertz CT molecular complexity index is 2160. The van der Waals surface area contributed by atoms with E-state index in [2.05, 4.69) is 159 Å². The van der Waals surface area contributed by atoms with Crippen molar-refractivity contribution in [3.05, 3.63) is 179 Å². The van der Waals surface area contributed by atoms with Crippen LogP contribution in [0.4, 0.5) is 0 Å². The Hall–Kier alpha value is -4.94. The largest absolute Gasteiger partial charge is 0.0713 e. The van der Waals surface area contributed by atoms with Crippen LogP contribution in [-0.4, -0.2) is 0 Å². The van der Waals surface area contributed by atoms with Gasteiger partial charge in [0, 0.05) is 5.41 Å². The Labute approximate surface area is 246 Å². The van der Waals surface area contributed by atoms with E-state index in [-0.39, 0.29) is 5.41 Å². The zero-order valence-electron chi connectivity index (χ0n) is 23.9. The van der Waals surface area contributed by atoms with E-state index in [1.54, 1.807) is 0 Å². The fourth-order valence-corrected chi connectivity index (χ4v) is 8.27. The molecule has 0 spiro atoms. The second kappa shape index (κ2) is 8.30. The molecule has 0 aromatic heterocycles. The van der Waals surface area contributed by atoms with E-state index in [9.17, 15) is 0 Å². The lowest BCUT2D eigenvalue weighted by Gasteiger charge is -2.38. The van der Waals surface area contributed by atoms with Gasteiger partial charge in [-0.3, -0.25) is 0 Å². The van der Waals surface area contributed by atoms with Gasteiger partial charge < -0.3 is 0 Å². The molecule has 2 aliphatic rings. The van der Waals surface area contributed by atoms with Gasteiger partial charge in [-0.2, -0.15) is 0 Å². The molecule has 0 unspecified atom stereocenters. The molecule has 0 saturated carbocycles. The molecule has 9 rings (SSSR count). The van der Waals surface area contributed by atoms with Crippen molar-refractivity contribution in [2.45, 2.75) is 24.7 Å². The SMILES string of the molecule is CC1(C)c2cc3c(cc2-c2cc4ccccc4c4cccc1c24)C(c1ccccc1)(c1ccccc1)c1ccccc1-3. The minimum Gasteiger partial charge on any atom is -0.0622 e. The fourth-order valence-electron chi connectivity index (χ4n) is 8.27. The summed E-state index contributed by atoms with van der Waals surface area (Å²) in [5, 5.41) is 5.37. The quantitative estimate of drug-likeness (QED) is 0.194. The Morgan fingerprint density at radius 3 is 1.71 bits per heavy atom. The van der Waals surface area contributed by atoms with E-state index < -0.39 is 5.41 Å². The molecule has 0 heterocycles. The topological polar surface area (TPSA) is 0 Å². The normalized spacial score (nSPS) is 15.3. The highest BCUT2D eigenvalue weighted by molar-refractivity contribution is 6.17. The van der Waals surface area contributed by atoms with Crippen LogP contribution in [0, 0.1) is 0 Å². The van der Waals surface area contributed by atoms with Crippen molar-refractivity contribution >= 4 is 21.5 Å². The smallest absolute Gasteiger partial charge is 0.0622 e. The molecule has 0 radical (unpaired) electrons. The molecular formula is C42H30. The van der Waals surface area contributed by atoms with E-state index in [4.69, 9.17) is 0 Å². The lowest BCUT2D eigenvalue weighted by Crippen LogP contribution is -2.29. The monoisotopic (exact) mass is 534 g/mol.